The molecule has 0 unspecified atom stereocenters. The van der Waals surface area contributed by atoms with Crippen LogP contribution in [0.4, 0.5) is 0 Å². The smallest absolute Gasteiger partial charge is 0.252 e. The largest absolute Gasteiger partial charge is 0.352 e. The first-order chi connectivity index (χ1) is 13.5. The van der Waals surface area contributed by atoms with Crippen LogP contribution in [-0.4, -0.2) is 25.3 Å². The van der Waals surface area contributed by atoms with Gasteiger partial charge in [0.2, 0.25) is 0 Å². The Bertz CT molecular complexity index is 854. The molecule has 28 heavy (non-hydrogen) atoms. The fourth-order valence-corrected chi connectivity index (χ4v) is 4.54. The maximum Gasteiger partial charge on any atom is 0.252 e. The summed E-state index contributed by atoms with van der Waals surface area (Å²) in [7, 11) is 2.02. The van der Waals surface area contributed by atoms with E-state index in [2.05, 4.69) is 42.2 Å². The van der Waals surface area contributed by atoms with Gasteiger partial charge in [-0.3, -0.25) is 9.78 Å². The summed E-state index contributed by atoms with van der Waals surface area (Å²) < 4.78 is 0. The topological polar surface area (TPSA) is 42.0 Å². The molecule has 0 aromatic carbocycles. The first kappa shape index (κ1) is 22.2. The summed E-state index contributed by atoms with van der Waals surface area (Å²) in [6.45, 7) is 11.1. The summed E-state index contributed by atoms with van der Waals surface area (Å²) in [6.07, 6.45) is 8.86. The Morgan fingerprint density at radius 2 is 2.14 bits per heavy atom. The van der Waals surface area contributed by atoms with E-state index in [0.29, 0.717) is 0 Å². The maximum atomic E-state index is 12.7. The third-order valence-electron chi connectivity index (χ3n) is 4.76. The van der Waals surface area contributed by atoms with E-state index in [1.54, 1.807) is 11.3 Å². The lowest BCUT2D eigenvalue weighted by Crippen LogP contribution is -2.25. The molecule has 0 spiro atoms. The van der Waals surface area contributed by atoms with E-state index < -0.39 is 0 Å². The third kappa shape index (κ3) is 5.93. The minimum absolute atomic E-state index is 0.00912. The molecule has 1 N–H and O–H groups in total. The van der Waals surface area contributed by atoms with E-state index in [1.165, 1.54) is 11.1 Å². The zero-order valence-electron chi connectivity index (χ0n) is 17.6. The molecule has 0 saturated carbocycles. The number of aryl methyl sites for hydroxylation is 3. The molecule has 2 aromatic rings. The fourth-order valence-electron chi connectivity index (χ4n) is 3.28. The van der Waals surface area contributed by atoms with Gasteiger partial charge >= 0.3 is 0 Å². The van der Waals surface area contributed by atoms with Crippen LogP contribution in [0.5, 0.6) is 0 Å². The lowest BCUT2D eigenvalue weighted by molar-refractivity contribution is -0.115. The molecule has 3 nitrogen and oxygen atoms in total. The van der Waals surface area contributed by atoms with Crippen LogP contribution in [0.1, 0.15) is 60.4 Å². The van der Waals surface area contributed by atoms with Crippen molar-refractivity contribution in [3.63, 3.8) is 0 Å². The normalized spacial score (nSPS) is 11.5. The van der Waals surface area contributed by atoms with E-state index in [-0.39, 0.29) is 5.91 Å². The number of nitrogens with zero attached hydrogens (tertiary/aromatic N) is 1. The van der Waals surface area contributed by atoms with Crippen LogP contribution in [0.3, 0.4) is 0 Å². The van der Waals surface area contributed by atoms with Gasteiger partial charge in [0, 0.05) is 23.3 Å². The molecule has 5 heteroatoms. The summed E-state index contributed by atoms with van der Waals surface area (Å²) in [6, 6.07) is 4.15. The minimum Gasteiger partial charge on any atom is -0.352 e. The Kier molecular flexibility index (Phi) is 8.71. The molecule has 1 amide bonds. The van der Waals surface area contributed by atoms with Crippen LogP contribution >= 0.6 is 11.3 Å². The van der Waals surface area contributed by atoms with Gasteiger partial charge in [-0.05, 0) is 67.3 Å². The Morgan fingerprint density at radius 3 is 2.79 bits per heavy atom. The van der Waals surface area contributed by atoms with Crippen LogP contribution in [-0.2, 0) is 17.6 Å². The van der Waals surface area contributed by atoms with E-state index in [1.807, 2.05) is 33.1 Å². The lowest BCUT2D eigenvalue weighted by Gasteiger charge is -2.11. The number of rotatable bonds is 10. The van der Waals surface area contributed by atoms with Gasteiger partial charge in [0.25, 0.3) is 5.91 Å². The molecule has 2 rings (SSSR count). The van der Waals surface area contributed by atoms with Crippen molar-refractivity contribution in [2.75, 3.05) is 6.54 Å². The quantitative estimate of drug-likeness (QED) is 0.365. The number of aromatic nitrogens is 1. The highest BCUT2D eigenvalue weighted by atomic mass is 32.1. The average Bonchev–Trinajstić information content (AvgIpc) is 3.08. The van der Waals surface area contributed by atoms with Gasteiger partial charge in [0.05, 0.1) is 5.57 Å². The highest BCUT2D eigenvalue weighted by molar-refractivity contribution is 7.12. The zero-order chi connectivity index (χ0) is 20.5. The second kappa shape index (κ2) is 11.0. The van der Waals surface area contributed by atoms with Gasteiger partial charge in [-0.25, -0.2) is 0 Å². The number of allylic oxidation sites excluding steroid dienone is 1. The summed E-state index contributed by atoms with van der Waals surface area (Å²) in [5.41, 5.74) is 6.44. The first-order valence-electron chi connectivity index (χ1n) is 10.1. The third-order valence-corrected chi connectivity index (χ3v) is 5.82. The minimum atomic E-state index is 0.00912. The van der Waals surface area contributed by atoms with Gasteiger partial charge in [-0.2, -0.15) is 0 Å². The predicted octanol–water partition coefficient (Wildman–Crippen LogP) is 4.55. The predicted molar refractivity (Wildman–Crippen MR) is 124 cm³/mol. The zero-order valence-corrected chi connectivity index (χ0v) is 18.4. The van der Waals surface area contributed by atoms with E-state index >= 15 is 0 Å². The van der Waals surface area contributed by atoms with Crippen molar-refractivity contribution in [1.29, 1.82) is 0 Å². The van der Waals surface area contributed by atoms with Gasteiger partial charge in [0.15, 0.2) is 0 Å². The number of pyridine rings is 1. The molecule has 0 saturated heterocycles. The van der Waals surface area contributed by atoms with Crippen LogP contribution < -0.4 is 5.32 Å². The van der Waals surface area contributed by atoms with Gasteiger partial charge < -0.3 is 5.32 Å². The van der Waals surface area contributed by atoms with Gasteiger partial charge in [-0.1, -0.05) is 31.3 Å². The molecule has 0 bridgehead atoms. The van der Waals surface area contributed by atoms with Crippen molar-refractivity contribution in [2.45, 2.75) is 52.9 Å². The van der Waals surface area contributed by atoms with Crippen molar-refractivity contribution in [3.8, 4) is 0 Å². The standard InChI is InChI=1S/C23H31BN2OS/c1-5-7-8-12-26-23(27)20(6-2)22-21(17(4)24)18(15-28-22)9-10-19-14-16(3)11-13-25-19/h6,11,13-15H,4-5,7-10,12,24H2,1-3H3,(H,26,27)/b20-6+. The Balaban J connectivity index is 2.18. The van der Waals surface area contributed by atoms with Crippen LogP contribution in [0.15, 0.2) is 36.4 Å². The Hall–Kier alpha value is -2.14. The lowest BCUT2D eigenvalue weighted by atomic mass is 9.85. The van der Waals surface area contributed by atoms with Crippen molar-refractivity contribution >= 4 is 36.1 Å². The second-order valence-corrected chi connectivity index (χ2v) is 8.11. The molecule has 0 atom stereocenters. The van der Waals surface area contributed by atoms with Crippen molar-refractivity contribution in [1.82, 2.24) is 10.3 Å². The summed E-state index contributed by atoms with van der Waals surface area (Å²) in [4.78, 5) is 18.2. The molecule has 0 radical (unpaired) electrons. The van der Waals surface area contributed by atoms with E-state index in [4.69, 9.17) is 0 Å². The Morgan fingerprint density at radius 1 is 1.36 bits per heavy atom. The monoisotopic (exact) mass is 394 g/mol. The second-order valence-electron chi connectivity index (χ2n) is 7.24. The first-order valence-corrected chi connectivity index (χ1v) is 11.0. The van der Waals surface area contributed by atoms with Crippen molar-refractivity contribution in [2.24, 2.45) is 0 Å². The maximum absolute atomic E-state index is 12.7. The molecule has 0 aliphatic heterocycles. The van der Waals surface area contributed by atoms with Gasteiger partial charge in [0.1, 0.15) is 7.85 Å². The van der Waals surface area contributed by atoms with E-state index in [9.17, 15) is 4.79 Å². The molecule has 0 fully saturated rings. The average molecular weight is 394 g/mol. The molecular weight excluding hydrogens is 363 g/mol. The number of hydrogen-bond donors (Lipinski definition) is 1. The number of thiophene rings is 1. The SMILES string of the molecule is BC(=C)c1c(CCc2cc(C)ccn2)csc1/C(=C\C)C(=O)NCCCCC. The molecule has 0 aliphatic rings. The highest BCUT2D eigenvalue weighted by Crippen LogP contribution is 2.34. The highest BCUT2D eigenvalue weighted by Gasteiger charge is 2.20. The molecule has 148 valence electrons. The van der Waals surface area contributed by atoms with E-state index in [0.717, 1.165) is 65.8 Å². The number of unbranched alkanes of at least 4 members (excludes halogenated alkanes) is 2. The Labute approximate surface area is 174 Å². The number of hydrogen-bond acceptors (Lipinski definition) is 3. The molecular formula is C23H31BN2OS. The van der Waals surface area contributed by atoms with Crippen molar-refractivity contribution < 1.29 is 4.79 Å². The molecule has 0 aliphatic carbocycles. The number of carbonyl (C=O) groups excluding carboxylic acids is 1. The summed E-state index contributed by atoms with van der Waals surface area (Å²) in [5.74, 6) is 0.00912. The van der Waals surface area contributed by atoms with Crippen LogP contribution in [0, 0.1) is 6.92 Å². The van der Waals surface area contributed by atoms with Crippen LogP contribution in [0.2, 0.25) is 0 Å². The number of nitrogens with one attached hydrogen (secondary N) is 1. The fraction of sp³-hybridized carbons (Fsp3) is 0.391. The molecule has 2 heterocycles. The van der Waals surface area contributed by atoms with Crippen LogP contribution in [0.25, 0.3) is 11.0 Å². The summed E-state index contributed by atoms with van der Waals surface area (Å²) >= 11 is 1.64. The number of carbonyl (C=O) groups is 1. The summed E-state index contributed by atoms with van der Waals surface area (Å²) in [5, 5.41) is 5.24. The number of amides is 1. The van der Waals surface area contributed by atoms with Crippen molar-refractivity contribution in [3.05, 3.63) is 63.6 Å². The van der Waals surface area contributed by atoms with Gasteiger partial charge in [-0.15, -0.1) is 17.9 Å². The molecule has 2 aromatic heterocycles.